The second kappa shape index (κ2) is 10.1. The smallest absolute Gasteiger partial charge is 0.385 e. The van der Waals surface area contributed by atoms with Gasteiger partial charge in [-0.25, -0.2) is 8.78 Å². The van der Waals surface area contributed by atoms with Gasteiger partial charge >= 0.3 is 6.18 Å². The molecule has 0 spiro atoms. The van der Waals surface area contributed by atoms with Gasteiger partial charge in [0.2, 0.25) is 0 Å². The van der Waals surface area contributed by atoms with Crippen LogP contribution in [0.1, 0.15) is 47.9 Å². The lowest BCUT2D eigenvalue weighted by atomic mass is 9.68. The molecule has 1 N–H and O–H groups in total. The van der Waals surface area contributed by atoms with Crippen LogP contribution in [0.25, 0.3) is 0 Å². The lowest BCUT2D eigenvalue weighted by Crippen LogP contribution is -2.48. The van der Waals surface area contributed by atoms with Gasteiger partial charge in [-0.2, -0.15) is 13.2 Å². The number of allylic oxidation sites excluding steroid dienone is 1. The van der Waals surface area contributed by atoms with Crippen LogP contribution in [0, 0.1) is 11.6 Å². The zero-order valence-corrected chi connectivity index (χ0v) is 21.2. The highest BCUT2D eigenvalue weighted by molar-refractivity contribution is 6.31. The van der Waals surface area contributed by atoms with E-state index in [1.807, 2.05) is 0 Å². The van der Waals surface area contributed by atoms with Crippen LogP contribution < -0.4 is 0 Å². The fourth-order valence-electron chi connectivity index (χ4n) is 5.82. The highest BCUT2D eigenvalue weighted by atomic mass is 35.5. The average Bonchev–Trinajstić information content (AvgIpc) is 2.90. The van der Waals surface area contributed by atoms with Crippen molar-refractivity contribution in [2.24, 2.45) is 0 Å². The van der Waals surface area contributed by atoms with Crippen molar-refractivity contribution in [3.8, 4) is 0 Å². The van der Waals surface area contributed by atoms with Crippen LogP contribution in [-0.2, 0) is 17.2 Å². The number of halogens is 6. The maximum Gasteiger partial charge on any atom is 0.417 e. The van der Waals surface area contributed by atoms with Gasteiger partial charge < -0.3 is 5.11 Å². The van der Waals surface area contributed by atoms with Gasteiger partial charge in [0.05, 0.1) is 16.2 Å². The summed E-state index contributed by atoms with van der Waals surface area (Å²) in [6.45, 7) is 1.02. The number of piperidine rings is 1. The Kier molecular flexibility index (Phi) is 7.14. The lowest BCUT2D eigenvalue weighted by molar-refractivity contribution is -0.137. The van der Waals surface area contributed by atoms with Crippen LogP contribution >= 0.6 is 11.6 Å². The molecular weight excluding hydrogens is 521 g/mol. The summed E-state index contributed by atoms with van der Waals surface area (Å²) >= 11 is 5.76. The van der Waals surface area contributed by atoms with E-state index in [2.05, 4.69) is 17.1 Å². The average molecular weight is 548 g/mol. The third-order valence-electron chi connectivity index (χ3n) is 8.06. The number of likely N-dealkylation sites (tertiary alicyclic amines) is 1. The Morgan fingerprint density at radius 3 is 1.79 bits per heavy atom. The van der Waals surface area contributed by atoms with E-state index in [-0.39, 0.29) is 41.1 Å². The van der Waals surface area contributed by atoms with E-state index < -0.39 is 22.8 Å². The first-order valence-electron chi connectivity index (χ1n) is 12.6. The quantitative estimate of drug-likeness (QED) is 0.268. The van der Waals surface area contributed by atoms with Crippen molar-refractivity contribution in [1.29, 1.82) is 0 Å². The highest BCUT2D eigenvalue weighted by Crippen LogP contribution is 2.44. The predicted molar refractivity (Wildman–Crippen MR) is 137 cm³/mol. The first kappa shape index (κ1) is 26.9. The minimum atomic E-state index is -4.60. The summed E-state index contributed by atoms with van der Waals surface area (Å²) in [5.41, 5.74) is -0.801. The molecule has 2 nitrogen and oxygen atoms in total. The van der Waals surface area contributed by atoms with Gasteiger partial charge in [0.1, 0.15) is 11.6 Å². The Morgan fingerprint density at radius 2 is 1.32 bits per heavy atom. The number of alkyl halides is 3. The van der Waals surface area contributed by atoms with Crippen LogP contribution in [0.2, 0.25) is 5.02 Å². The third kappa shape index (κ3) is 5.12. The number of nitrogens with zero attached hydrogens (tertiary/aromatic N) is 1. The molecule has 1 aliphatic carbocycles. The van der Waals surface area contributed by atoms with Gasteiger partial charge in [0, 0.05) is 24.5 Å². The largest absolute Gasteiger partial charge is 0.417 e. The molecule has 1 unspecified atom stereocenters. The molecular formula is C30H27ClF5NO. The number of rotatable bonds is 4. The van der Waals surface area contributed by atoms with Gasteiger partial charge in [-0.15, -0.1) is 0 Å². The molecule has 3 aromatic rings. The van der Waals surface area contributed by atoms with E-state index in [4.69, 9.17) is 11.6 Å². The van der Waals surface area contributed by atoms with E-state index in [0.29, 0.717) is 19.5 Å². The second-order valence-corrected chi connectivity index (χ2v) is 10.6. The van der Waals surface area contributed by atoms with Crippen molar-refractivity contribution in [3.05, 3.63) is 118 Å². The molecule has 1 saturated heterocycles. The van der Waals surface area contributed by atoms with Crippen molar-refractivity contribution in [1.82, 2.24) is 4.90 Å². The van der Waals surface area contributed by atoms with Crippen molar-refractivity contribution in [3.63, 3.8) is 0 Å². The van der Waals surface area contributed by atoms with Crippen LogP contribution in [-0.4, -0.2) is 29.1 Å². The van der Waals surface area contributed by atoms with Gasteiger partial charge in [0.25, 0.3) is 0 Å². The molecule has 0 aromatic heterocycles. The first-order valence-corrected chi connectivity index (χ1v) is 12.9. The molecule has 2 aliphatic rings. The summed E-state index contributed by atoms with van der Waals surface area (Å²) in [4.78, 5) is 2.23. The SMILES string of the molecule is OC1(c2ccc(Cl)c(C(F)(F)F)c2)CCN(C2C=CC(c3ccc(F)cc3)(c3ccc(F)cc3)CC2)CC1. The lowest BCUT2D eigenvalue weighted by Gasteiger charge is -2.44. The minimum absolute atomic E-state index is 0.0736. The van der Waals surface area contributed by atoms with Crippen LogP contribution in [0.5, 0.6) is 0 Å². The summed E-state index contributed by atoms with van der Waals surface area (Å²) in [6.07, 6.45) is 1.65. The summed E-state index contributed by atoms with van der Waals surface area (Å²) in [5.74, 6) is -0.658. The first-order chi connectivity index (χ1) is 18.0. The Balaban J connectivity index is 1.35. The van der Waals surface area contributed by atoms with E-state index in [1.54, 1.807) is 24.3 Å². The topological polar surface area (TPSA) is 23.5 Å². The monoisotopic (exact) mass is 547 g/mol. The van der Waals surface area contributed by atoms with Gasteiger partial charge in [-0.1, -0.05) is 54.1 Å². The molecule has 3 aromatic carbocycles. The zero-order chi connectivity index (χ0) is 27.1. The fourth-order valence-corrected chi connectivity index (χ4v) is 6.05. The summed E-state index contributed by atoms with van der Waals surface area (Å²) < 4.78 is 67.4. The van der Waals surface area contributed by atoms with E-state index in [9.17, 15) is 27.1 Å². The molecule has 38 heavy (non-hydrogen) atoms. The summed E-state index contributed by atoms with van der Waals surface area (Å²) in [5, 5.41) is 10.9. The molecule has 1 aliphatic heterocycles. The summed E-state index contributed by atoms with van der Waals surface area (Å²) in [7, 11) is 0. The molecule has 0 amide bonds. The van der Waals surface area contributed by atoms with Crippen molar-refractivity contribution < 1.29 is 27.1 Å². The normalized spacial score (nSPS) is 21.4. The molecule has 1 fully saturated rings. The molecule has 1 heterocycles. The Bertz CT molecular complexity index is 1270. The van der Waals surface area contributed by atoms with Crippen molar-refractivity contribution in [2.45, 2.75) is 48.9 Å². The molecule has 8 heteroatoms. The number of benzene rings is 3. The molecule has 200 valence electrons. The van der Waals surface area contributed by atoms with E-state index in [1.165, 1.54) is 36.4 Å². The number of aliphatic hydroxyl groups is 1. The molecule has 0 bridgehead atoms. The van der Waals surface area contributed by atoms with E-state index >= 15 is 0 Å². The van der Waals surface area contributed by atoms with Gasteiger partial charge in [0.15, 0.2) is 0 Å². The fraction of sp³-hybridized carbons (Fsp3) is 0.333. The summed E-state index contributed by atoms with van der Waals surface area (Å²) in [6, 6.07) is 16.4. The highest BCUT2D eigenvalue weighted by Gasteiger charge is 2.41. The molecule has 0 radical (unpaired) electrons. The van der Waals surface area contributed by atoms with Crippen LogP contribution in [0.3, 0.4) is 0 Å². The maximum absolute atomic E-state index is 13.7. The predicted octanol–water partition coefficient (Wildman–Crippen LogP) is 7.63. The minimum Gasteiger partial charge on any atom is -0.385 e. The Labute approximate surface area is 223 Å². The van der Waals surface area contributed by atoms with Crippen molar-refractivity contribution >= 4 is 11.6 Å². The van der Waals surface area contributed by atoms with Gasteiger partial charge in [-0.3, -0.25) is 4.90 Å². The molecule has 5 rings (SSSR count). The second-order valence-electron chi connectivity index (χ2n) is 10.2. The van der Waals surface area contributed by atoms with E-state index in [0.717, 1.165) is 23.6 Å². The van der Waals surface area contributed by atoms with Crippen LogP contribution in [0.15, 0.2) is 78.9 Å². The van der Waals surface area contributed by atoms with Gasteiger partial charge in [-0.05, 0) is 78.8 Å². The zero-order valence-electron chi connectivity index (χ0n) is 20.5. The Morgan fingerprint density at radius 1 is 0.789 bits per heavy atom. The Hall–Kier alpha value is -2.74. The number of hydrogen-bond acceptors (Lipinski definition) is 2. The number of hydrogen-bond donors (Lipinski definition) is 1. The maximum atomic E-state index is 13.7. The third-order valence-corrected chi connectivity index (χ3v) is 8.39. The molecule has 1 atom stereocenters. The van der Waals surface area contributed by atoms with Crippen LogP contribution in [0.4, 0.5) is 22.0 Å². The van der Waals surface area contributed by atoms with Crippen molar-refractivity contribution in [2.75, 3.05) is 13.1 Å². The molecule has 0 saturated carbocycles. The standard InChI is InChI=1S/C30H27ClF5NO/c31-27-10-5-22(19-26(27)30(34,35)36)29(38)15-17-37(18-16-29)25-11-13-28(14-12-25,20-1-6-23(32)7-2-20)21-3-8-24(33)9-4-21/h1-11,13,19,25,38H,12,14-18H2.